The van der Waals surface area contributed by atoms with Crippen molar-refractivity contribution in [2.24, 2.45) is 0 Å². The first-order chi connectivity index (χ1) is 17.3. The molecule has 0 fully saturated rings. The highest BCUT2D eigenvalue weighted by Gasteiger charge is 2.13. The van der Waals surface area contributed by atoms with E-state index in [9.17, 15) is 24.0 Å². The van der Waals surface area contributed by atoms with Gasteiger partial charge in [-0.25, -0.2) is 9.59 Å². The Bertz CT molecular complexity index is 1050. The van der Waals surface area contributed by atoms with Crippen LogP contribution < -0.4 is 10.6 Å². The van der Waals surface area contributed by atoms with Crippen molar-refractivity contribution in [2.45, 2.75) is 39.5 Å². The summed E-state index contributed by atoms with van der Waals surface area (Å²) in [5.41, 5.74) is 1.61. The summed E-state index contributed by atoms with van der Waals surface area (Å²) in [4.78, 5) is 59.5. The summed E-state index contributed by atoms with van der Waals surface area (Å²) in [7, 11) is 0. The Morgan fingerprint density at radius 3 is 1.72 bits per heavy atom. The molecule has 0 unspecified atom stereocenters. The third kappa shape index (κ3) is 9.96. The van der Waals surface area contributed by atoms with Gasteiger partial charge in [0.15, 0.2) is 6.61 Å². The molecule has 2 amide bonds. The molecule has 10 nitrogen and oxygen atoms in total. The summed E-state index contributed by atoms with van der Waals surface area (Å²) in [5.74, 6) is -2.58. The van der Waals surface area contributed by atoms with Gasteiger partial charge in [-0.2, -0.15) is 0 Å². The van der Waals surface area contributed by atoms with Crippen LogP contribution in [0.25, 0.3) is 0 Å². The number of carbonyl (C=O) groups is 5. The summed E-state index contributed by atoms with van der Waals surface area (Å²) >= 11 is 0. The SMILES string of the molecule is CCCCOC(=O)c1ccc(NC(=O)CCC(=O)OCC(=O)Nc2ccc(C(=O)OCC)cc2)cc1. The lowest BCUT2D eigenvalue weighted by Gasteiger charge is -2.08. The molecule has 0 spiro atoms. The third-order valence-corrected chi connectivity index (χ3v) is 4.74. The maximum absolute atomic E-state index is 12.1. The number of benzene rings is 2. The van der Waals surface area contributed by atoms with E-state index in [0.29, 0.717) is 29.1 Å². The van der Waals surface area contributed by atoms with Crippen LogP contribution in [0.15, 0.2) is 48.5 Å². The maximum atomic E-state index is 12.1. The third-order valence-electron chi connectivity index (χ3n) is 4.74. The van der Waals surface area contributed by atoms with Crippen LogP contribution in [0.1, 0.15) is 60.2 Å². The second kappa shape index (κ2) is 14.9. The van der Waals surface area contributed by atoms with Gasteiger partial charge in [0, 0.05) is 17.8 Å². The fraction of sp³-hybridized carbons (Fsp3) is 0.346. The smallest absolute Gasteiger partial charge is 0.338 e. The first-order valence-electron chi connectivity index (χ1n) is 11.6. The van der Waals surface area contributed by atoms with Crippen molar-refractivity contribution < 1.29 is 38.2 Å². The van der Waals surface area contributed by atoms with Gasteiger partial charge in [0.05, 0.1) is 30.8 Å². The number of rotatable bonds is 13. The van der Waals surface area contributed by atoms with Crippen LogP contribution >= 0.6 is 0 Å². The zero-order valence-corrected chi connectivity index (χ0v) is 20.3. The minimum absolute atomic E-state index is 0.142. The molecule has 0 radical (unpaired) electrons. The number of hydrogen-bond acceptors (Lipinski definition) is 8. The first-order valence-corrected chi connectivity index (χ1v) is 11.6. The average molecular weight is 499 g/mol. The molecule has 0 aromatic heterocycles. The van der Waals surface area contributed by atoms with Crippen molar-refractivity contribution in [3.63, 3.8) is 0 Å². The number of hydrogen-bond donors (Lipinski definition) is 2. The highest BCUT2D eigenvalue weighted by atomic mass is 16.5. The molecular formula is C26H30N2O8. The average Bonchev–Trinajstić information content (AvgIpc) is 2.87. The summed E-state index contributed by atoms with van der Waals surface area (Å²) in [6.45, 7) is 3.80. The quantitative estimate of drug-likeness (QED) is 0.242. The second-order valence-electron chi connectivity index (χ2n) is 7.62. The first kappa shape index (κ1) is 28.0. The minimum Gasteiger partial charge on any atom is -0.462 e. The Morgan fingerprint density at radius 2 is 1.19 bits per heavy atom. The molecule has 0 atom stereocenters. The van der Waals surface area contributed by atoms with E-state index in [0.717, 1.165) is 12.8 Å². The molecule has 0 aliphatic carbocycles. The predicted molar refractivity (Wildman–Crippen MR) is 131 cm³/mol. The van der Waals surface area contributed by atoms with Gasteiger partial charge in [0.25, 0.3) is 5.91 Å². The van der Waals surface area contributed by atoms with E-state index in [1.54, 1.807) is 31.2 Å². The van der Waals surface area contributed by atoms with Crippen LogP contribution in [0.5, 0.6) is 0 Å². The lowest BCUT2D eigenvalue weighted by Crippen LogP contribution is -2.21. The predicted octanol–water partition coefficient (Wildman–Crippen LogP) is 3.72. The van der Waals surface area contributed by atoms with Gasteiger partial charge in [-0.15, -0.1) is 0 Å². The van der Waals surface area contributed by atoms with Crippen LogP contribution in [0.3, 0.4) is 0 Å². The van der Waals surface area contributed by atoms with Gasteiger partial charge in [0.2, 0.25) is 5.91 Å². The van der Waals surface area contributed by atoms with Gasteiger partial charge < -0.3 is 24.8 Å². The van der Waals surface area contributed by atoms with Gasteiger partial charge in [-0.3, -0.25) is 14.4 Å². The van der Waals surface area contributed by atoms with E-state index < -0.39 is 36.3 Å². The second-order valence-corrected chi connectivity index (χ2v) is 7.62. The van der Waals surface area contributed by atoms with Crippen LogP contribution in [0.4, 0.5) is 11.4 Å². The lowest BCUT2D eigenvalue weighted by atomic mass is 10.2. The normalized spacial score (nSPS) is 10.2. The van der Waals surface area contributed by atoms with E-state index in [2.05, 4.69) is 10.6 Å². The standard InChI is InChI=1S/C26H30N2O8/c1-3-5-16-35-26(33)19-8-10-20(11-9-19)27-22(29)14-15-24(31)36-17-23(30)28-21-12-6-18(7-13-21)25(32)34-4-2/h6-13H,3-5,14-17H2,1-2H3,(H,27,29)(H,28,30). The number of amides is 2. The van der Waals surface area contributed by atoms with Crippen molar-refractivity contribution in [3.05, 3.63) is 59.7 Å². The van der Waals surface area contributed by atoms with Crippen molar-refractivity contribution in [3.8, 4) is 0 Å². The van der Waals surface area contributed by atoms with Crippen LogP contribution in [-0.2, 0) is 28.6 Å². The number of carbonyl (C=O) groups excluding carboxylic acids is 5. The van der Waals surface area contributed by atoms with Crippen LogP contribution in [-0.4, -0.2) is 49.5 Å². The number of nitrogens with one attached hydrogen (secondary N) is 2. The Labute approximate surface area is 209 Å². The molecule has 0 aliphatic rings. The van der Waals surface area contributed by atoms with E-state index in [-0.39, 0.29) is 19.4 Å². The van der Waals surface area contributed by atoms with Crippen molar-refractivity contribution in [2.75, 3.05) is 30.5 Å². The number of esters is 3. The highest BCUT2D eigenvalue weighted by Crippen LogP contribution is 2.13. The summed E-state index contributed by atoms with van der Waals surface area (Å²) in [5, 5.41) is 5.16. The molecule has 0 heterocycles. The molecule has 0 saturated carbocycles. The van der Waals surface area contributed by atoms with Crippen LogP contribution in [0, 0.1) is 0 Å². The van der Waals surface area contributed by atoms with Gasteiger partial charge >= 0.3 is 17.9 Å². The van der Waals surface area contributed by atoms with Crippen LogP contribution in [0.2, 0.25) is 0 Å². The molecule has 2 rings (SSSR count). The molecule has 10 heteroatoms. The molecule has 2 N–H and O–H groups in total. The molecule has 0 aliphatic heterocycles. The highest BCUT2D eigenvalue weighted by molar-refractivity contribution is 5.96. The van der Waals surface area contributed by atoms with Gasteiger partial charge in [-0.1, -0.05) is 13.3 Å². The van der Waals surface area contributed by atoms with E-state index in [1.165, 1.54) is 24.3 Å². The fourth-order valence-electron chi connectivity index (χ4n) is 2.84. The van der Waals surface area contributed by atoms with Crippen molar-refractivity contribution in [1.29, 1.82) is 0 Å². The summed E-state index contributed by atoms with van der Waals surface area (Å²) < 4.78 is 14.9. The molecular weight excluding hydrogens is 468 g/mol. The van der Waals surface area contributed by atoms with E-state index in [1.807, 2.05) is 6.92 Å². The molecule has 192 valence electrons. The zero-order valence-electron chi connectivity index (χ0n) is 20.3. The monoisotopic (exact) mass is 498 g/mol. The molecule has 2 aromatic carbocycles. The maximum Gasteiger partial charge on any atom is 0.338 e. The lowest BCUT2D eigenvalue weighted by molar-refractivity contribution is -0.147. The van der Waals surface area contributed by atoms with Gasteiger partial charge in [-0.05, 0) is 61.9 Å². The number of unbranched alkanes of at least 4 members (excludes halogenated alkanes) is 1. The largest absolute Gasteiger partial charge is 0.462 e. The van der Waals surface area contributed by atoms with Crippen molar-refractivity contribution >= 4 is 41.1 Å². The Hall–Kier alpha value is -4.21. The topological polar surface area (TPSA) is 137 Å². The summed E-state index contributed by atoms with van der Waals surface area (Å²) in [6, 6.07) is 12.3. The Morgan fingerprint density at radius 1 is 0.667 bits per heavy atom. The molecule has 0 saturated heterocycles. The molecule has 36 heavy (non-hydrogen) atoms. The Kier molecular flexibility index (Phi) is 11.6. The zero-order chi connectivity index (χ0) is 26.3. The number of anilines is 2. The molecule has 0 bridgehead atoms. The van der Waals surface area contributed by atoms with Crippen molar-refractivity contribution in [1.82, 2.24) is 0 Å². The molecule has 2 aromatic rings. The minimum atomic E-state index is -0.705. The van der Waals surface area contributed by atoms with E-state index >= 15 is 0 Å². The fourth-order valence-corrected chi connectivity index (χ4v) is 2.84. The number of ether oxygens (including phenoxy) is 3. The van der Waals surface area contributed by atoms with E-state index in [4.69, 9.17) is 14.2 Å². The van der Waals surface area contributed by atoms with Gasteiger partial charge in [0.1, 0.15) is 0 Å². The summed E-state index contributed by atoms with van der Waals surface area (Å²) in [6.07, 6.45) is 1.36. The Balaban J connectivity index is 1.68.